The third-order valence-electron chi connectivity index (χ3n) is 4.19. The summed E-state index contributed by atoms with van der Waals surface area (Å²) >= 11 is 0. The molecule has 3 rings (SSSR count). The fourth-order valence-electron chi connectivity index (χ4n) is 2.79. The highest BCUT2D eigenvalue weighted by Crippen LogP contribution is 2.21. The minimum absolute atomic E-state index is 0.0266. The highest BCUT2D eigenvalue weighted by Gasteiger charge is 2.31. The van der Waals surface area contributed by atoms with Gasteiger partial charge in [-0.2, -0.15) is 0 Å². The second kappa shape index (κ2) is 7.74. The molecule has 0 bridgehead atoms. The number of para-hydroxylation sites is 1. The molecule has 130 valence electrons. The predicted octanol–water partition coefficient (Wildman–Crippen LogP) is 1.47. The van der Waals surface area contributed by atoms with Crippen LogP contribution in [-0.4, -0.2) is 53.0 Å². The summed E-state index contributed by atoms with van der Waals surface area (Å²) < 4.78 is 0. The summed E-state index contributed by atoms with van der Waals surface area (Å²) in [7, 11) is 1.73. The van der Waals surface area contributed by atoms with Gasteiger partial charge in [0.15, 0.2) is 0 Å². The monoisotopic (exact) mass is 339 g/mol. The quantitative estimate of drug-likeness (QED) is 0.895. The van der Waals surface area contributed by atoms with Gasteiger partial charge < -0.3 is 15.1 Å². The van der Waals surface area contributed by atoms with E-state index in [1.807, 2.05) is 30.3 Å². The third-order valence-corrected chi connectivity index (χ3v) is 4.19. The number of amides is 3. The second-order valence-electron chi connectivity index (χ2n) is 6.06. The van der Waals surface area contributed by atoms with Crippen LogP contribution in [0.5, 0.6) is 0 Å². The Kier molecular flexibility index (Phi) is 5.23. The SMILES string of the molecule is CN(CCc1cnccn1)C(=O)N[C@@H]1CC(=O)N(c2ccccc2)C1. The zero-order valence-electron chi connectivity index (χ0n) is 14.1. The molecule has 2 heterocycles. The van der Waals surface area contributed by atoms with Gasteiger partial charge in [-0.05, 0) is 12.1 Å². The van der Waals surface area contributed by atoms with Gasteiger partial charge in [-0.15, -0.1) is 0 Å². The molecule has 0 spiro atoms. The molecule has 1 aliphatic heterocycles. The van der Waals surface area contributed by atoms with Crippen molar-refractivity contribution in [2.45, 2.75) is 18.9 Å². The molecule has 1 aliphatic rings. The van der Waals surface area contributed by atoms with Crippen LogP contribution in [0.25, 0.3) is 0 Å². The molecule has 7 heteroatoms. The molecular weight excluding hydrogens is 318 g/mol. The fourth-order valence-corrected chi connectivity index (χ4v) is 2.79. The summed E-state index contributed by atoms with van der Waals surface area (Å²) in [6.45, 7) is 1.03. The molecule has 2 aromatic rings. The second-order valence-corrected chi connectivity index (χ2v) is 6.06. The van der Waals surface area contributed by atoms with E-state index in [-0.39, 0.29) is 18.0 Å². The number of rotatable bonds is 5. The number of nitrogens with one attached hydrogen (secondary N) is 1. The normalized spacial score (nSPS) is 16.8. The van der Waals surface area contributed by atoms with Crippen LogP contribution in [0, 0.1) is 0 Å². The van der Waals surface area contributed by atoms with E-state index in [0.717, 1.165) is 11.4 Å². The number of aromatic nitrogens is 2. The van der Waals surface area contributed by atoms with Crippen molar-refractivity contribution in [3.8, 4) is 0 Å². The summed E-state index contributed by atoms with van der Waals surface area (Å²) in [5.41, 5.74) is 1.70. The van der Waals surface area contributed by atoms with Gasteiger partial charge >= 0.3 is 6.03 Å². The van der Waals surface area contributed by atoms with Crippen LogP contribution in [0.4, 0.5) is 10.5 Å². The molecule has 0 unspecified atom stereocenters. The Hall–Kier alpha value is -2.96. The van der Waals surface area contributed by atoms with Gasteiger partial charge in [-0.25, -0.2) is 4.79 Å². The first-order chi connectivity index (χ1) is 12.1. The third kappa shape index (κ3) is 4.32. The van der Waals surface area contributed by atoms with Crippen LogP contribution >= 0.6 is 0 Å². The van der Waals surface area contributed by atoms with Gasteiger partial charge in [0.2, 0.25) is 5.91 Å². The first kappa shape index (κ1) is 16.9. The van der Waals surface area contributed by atoms with E-state index >= 15 is 0 Å². The van der Waals surface area contributed by atoms with Gasteiger partial charge in [0, 0.05) is 57.3 Å². The molecule has 1 N–H and O–H groups in total. The first-order valence-corrected chi connectivity index (χ1v) is 8.25. The van der Waals surface area contributed by atoms with Crippen molar-refractivity contribution in [3.63, 3.8) is 0 Å². The maximum atomic E-state index is 12.3. The van der Waals surface area contributed by atoms with Crippen LogP contribution in [0.15, 0.2) is 48.9 Å². The van der Waals surface area contributed by atoms with Gasteiger partial charge in [0.05, 0.1) is 11.7 Å². The lowest BCUT2D eigenvalue weighted by Crippen LogP contribution is -2.44. The number of carbonyl (C=O) groups excluding carboxylic acids is 2. The summed E-state index contributed by atoms with van der Waals surface area (Å²) in [5.74, 6) is 0.0266. The Balaban J connectivity index is 1.50. The standard InChI is InChI=1S/C18H21N5O2/c1-22(10-7-14-12-19-8-9-20-14)18(25)21-15-11-17(24)23(13-15)16-5-3-2-4-6-16/h2-6,8-9,12,15H,7,10-11,13H2,1H3,(H,21,25)/t15-/m1/s1. The van der Waals surface area contributed by atoms with Crippen LogP contribution in [0.2, 0.25) is 0 Å². The van der Waals surface area contributed by atoms with Crippen molar-refractivity contribution in [3.05, 3.63) is 54.6 Å². The first-order valence-electron chi connectivity index (χ1n) is 8.25. The molecule has 0 aliphatic carbocycles. The largest absolute Gasteiger partial charge is 0.333 e. The molecule has 3 amide bonds. The van der Waals surface area contributed by atoms with Crippen LogP contribution in [-0.2, 0) is 11.2 Å². The smallest absolute Gasteiger partial charge is 0.317 e. The zero-order valence-corrected chi connectivity index (χ0v) is 14.1. The Labute approximate surface area is 146 Å². The summed E-state index contributed by atoms with van der Waals surface area (Å²) in [6, 6.07) is 9.14. The number of urea groups is 1. The van der Waals surface area contributed by atoms with E-state index in [9.17, 15) is 9.59 Å². The number of likely N-dealkylation sites (N-methyl/N-ethyl adjacent to an activating group) is 1. The van der Waals surface area contributed by atoms with Crippen LogP contribution < -0.4 is 10.2 Å². The Morgan fingerprint density at radius 2 is 2.12 bits per heavy atom. The molecule has 7 nitrogen and oxygen atoms in total. The van der Waals surface area contributed by atoms with E-state index in [1.165, 1.54) is 0 Å². The lowest BCUT2D eigenvalue weighted by molar-refractivity contribution is -0.117. The molecular formula is C18H21N5O2. The molecule has 1 atom stereocenters. The lowest BCUT2D eigenvalue weighted by Gasteiger charge is -2.21. The van der Waals surface area contributed by atoms with Crippen molar-refractivity contribution < 1.29 is 9.59 Å². The maximum absolute atomic E-state index is 12.3. The summed E-state index contributed by atoms with van der Waals surface area (Å²) in [5, 5.41) is 2.93. The topological polar surface area (TPSA) is 78.4 Å². The molecule has 1 aromatic carbocycles. The van der Waals surface area contributed by atoms with Gasteiger partial charge in [-0.3, -0.25) is 14.8 Å². The molecule has 25 heavy (non-hydrogen) atoms. The van der Waals surface area contributed by atoms with E-state index in [1.54, 1.807) is 35.4 Å². The summed E-state index contributed by atoms with van der Waals surface area (Å²) in [4.78, 5) is 36.0. The van der Waals surface area contributed by atoms with Crippen molar-refractivity contribution in [1.29, 1.82) is 0 Å². The molecule has 0 saturated carbocycles. The van der Waals surface area contributed by atoms with Gasteiger partial charge in [-0.1, -0.05) is 18.2 Å². The van der Waals surface area contributed by atoms with Crippen LogP contribution in [0.3, 0.4) is 0 Å². The average Bonchev–Trinajstić information content (AvgIpc) is 3.01. The minimum Gasteiger partial charge on any atom is -0.333 e. The minimum atomic E-state index is -0.184. The van der Waals surface area contributed by atoms with E-state index in [4.69, 9.17) is 0 Å². The number of anilines is 1. The number of benzene rings is 1. The number of hydrogen-bond acceptors (Lipinski definition) is 4. The van der Waals surface area contributed by atoms with Crippen molar-refractivity contribution in [2.24, 2.45) is 0 Å². The number of hydrogen-bond donors (Lipinski definition) is 1. The molecule has 1 saturated heterocycles. The van der Waals surface area contributed by atoms with Crippen molar-refractivity contribution in [1.82, 2.24) is 20.2 Å². The van der Waals surface area contributed by atoms with Crippen molar-refractivity contribution >= 4 is 17.6 Å². The molecule has 1 fully saturated rings. The maximum Gasteiger partial charge on any atom is 0.317 e. The lowest BCUT2D eigenvalue weighted by atomic mass is 10.2. The molecule has 1 aromatic heterocycles. The molecule has 0 radical (unpaired) electrons. The highest BCUT2D eigenvalue weighted by molar-refractivity contribution is 5.96. The fraction of sp³-hybridized carbons (Fsp3) is 0.333. The van der Waals surface area contributed by atoms with Gasteiger partial charge in [0.25, 0.3) is 0 Å². The number of nitrogens with zero attached hydrogens (tertiary/aromatic N) is 4. The van der Waals surface area contributed by atoms with Crippen LogP contribution in [0.1, 0.15) is 12.1 Å². The Bertz CT molecular complexity index is 723. The van der Waals surface area contributed by atoms with E-state index in [2.05, 4.69) is 15.3 Å². The average molecular weight is 339 g/mol. The zero-order chi connectivity index (χ0) is 17.6. The Morgan fingerprint density at radius 1 is 1.32 bits per heavy atom. The highest BCUT2D eigenvalue weighted by atomic mass is 16.2. The summed E-state index contributed by atoms with van der Waals surface area (Å²) in [6.07, 6.45) is 5.91. The van der Waals surface area contributed by atoms with Crippen molar-refractivity contribution in [2.75, 3.05) is 25.0 Å². The van der Waals surface area contributed by atoms with E-state index < -0.39 is 0 Å². The van der Waals surface area contributed by atoms with E-state index in [0.29, 0.717) is 25.9 Å². The van der Waals surface area contributed by atoms with Gasteiger partial charge in [0.1, 0.15) is 0 Å². The Morgan fingerprint density at radius 3 is 2.84 bits per heavy atom. The predicted molar refractivity (Wildman–Crippen MR) is 94.1 cm³/mol. The number of carbonyl (C=O) groups is 2.